The van der Waals surface area contributed by atoms with Gasteiger partial charge in [-0.25, -0.2) is 4.79 Å². The third-order valence-electron chi connectivity index (χ3n) is 5.30. The van der Waals surface area contributed by atoms with Crippen LogP contribution >= 0.6 is 0 Å². The third-order valence-corrected chi connectivity index (χ3v) is 5.30. The Hall–Kier alpha value is -3.11. The number of benzene rings is 3. The molecule has 29 heavy (non-hydrogen) atoms. The molecule has 1 unspecified atom stereocenters. The number of carbonyl (C=O) groups is 1. The molecule has 0 aliphatic heterocycles. The van der Waals surface area contributed by atoms with E-state index in [4.69, 9.17) is 4.74 Å². The van der Waals surface area contributed by atoms with Crippen LogP contribution in [0.3, 0.4) is 0 Å². The summed E-state index contributed by atoms with van der Waals surface area (Å²) in [5, 5.41) is 9.84. The van der Waals surface area contributed by atoms with E-state index in [1.165, 1.54) is 22.3 Å². The Bertz CT molecular complexity index is 939. The minimum absolute atomic E-state index is 0.0245. The molecule has 1 amide bonds. The van der Waals surface area contributed by atoms with Gasteiger partial charge in [-0.1, -0.05) is 78.9 Å². The summed E-state index contributed by atoms with van der Waals surface area (Å²) >= 11 is 0. The Morgan fingerprint density at radius 3 is 2.07 bits per heavy atom. The van der Waals surface area contributed by atoms with E-state index in [9.17, 15) is 9.90 Å². The minimum Gasteiger partial charge on any atom is -0.448 e. The largest absolute Gasteiger partial charge is 0.448 e. The molecule has 0 spiro atoms. The van der Waals surface area contributed by atoms with Crippen LogP contribution in [0.4, 0.5) is 4.79 Å². The van der Waals surface area contributed by atoms with Crippen LogP contribution in [-0.4, -0.2) is 35.4 Å². The molecule has 0 bridgehead atoms. The number of carbonyl (C=O) groups excluding carboxylic acids is 1. The van der Waals surface area contributed by atoms with Crippen molar-refractivity contribution in [2.75, 3.05) is 13.2 Å². The molecule has 4 nitrogen and oxygen atoms in total. The molecule has 1 atom stereocenters. The van der Waals surface area contributed by atoms with E-state index >= 15 is 0 Å². The fraction of sp³-hybridized carbons (Fsp3) is 0.240. The minimum atomic E-state index is -0.626. The van der Waals surface area contributed by atoms with Crippen LogP contribution in [-0.2, 0) is 11.3 Å². The standard InChI is InChI=1S/C25H25NO3/c1-18(27)15-26(16-19-9-3-2-4-10-19)25(28)29-17-24-22-13-7-5-11-20(22)21-12-6-8-14-23(21)24/h2-14,18,24,27H,15-17H2,1H3. The van der Waals surface area contributed by atoms with Gasteiger partial charge in [-0.3, -0.25) is 0 Å². The summed E-state index contributed by atoms with van der Waals surface area (Å²) in [5.41, 5.74) is 5.78. The third kappa shape index (κ3) is 4.17. The number of ether oxygens (including phenoxy) is 1. The predicted octanol–water partition coefficient (Wildman–Crippen LogP) is 4.82. The topological polar surface area (TPSA) is 49.8 Å². The first-order chi connectivity index (χ1) is 14.1. The van der Waals surface area contributed by atoms with Crippen molar-refractivity contribution in [2.24, 2.45) is 0 Å². The molecule has 4 rings (SSSR count). The first-order valence-electron chi connectivity index (χ1n) is 9.95. The average molecular weight is 387 g/mol. The van der Waals surface area contributed by atoms with Crippen molar-refractivity contribution in [3.63, 3.8) is 0 Å². The van der Waals surface area contributed by atoms with E-state index in [0.717, 1.165) is 5.56 Å². The summed E-state index contributed by atoms with van der Waals surface area (Å²) in [6.07, 6.45) is -1.03. The molecule has 3 aromatic rings. The highest BCUT2D eigenvalue weighted by Gasteiger charge is 2.29. The summed E-state index contributed by atoms with van der Waals surface area (Å²) in [5.74, 6) is 0.0245. The van der Waals surface area contributed by atoms with Crippen molar-refractivity contribution in [2.45, 2.75) is 25.5 Å². The Balaban J connectivity index is 1.50. The molecule has 1 aliphatic carbocycles. The lowest BCUT2D eigenvalue weighted by Crippen LogP contribution is -2.37. The molecule has 0 aromatic heterocycles. The van der Waals surface area contributed by atoms with Gasteiger partial charge in [-0.05, 0) is 34.7 Å². The Morgan fingerprint density at radius 2 is 1.48 bits per heavy atom. The summed E-state index contributed by atoms with van der Waals surface area (Å²) in [6, 6.07) is 26.3. The van der Waals surface area contributed by atoms with Crippen molar-refractivity contribution in [3.8, 4) is 11.1 Å². The van der Waals surface area contributed by atoms with Gasteiger partial charge < -0.3 is 14.7 Å². The molecule has 1 N–H and O–H groups in total. The van der Waals surface area contributed by atoms with Gasteiger partial charge in [-0.15, -0.1) is 0 Å². The van der Waals surface area contributed by atoms with Gasteiger partial charge in [0, 0.05) is 12.5 Å². The number of hydrogen-bond acceptors (Lipinski definition) is 3. The maximum absolute atomic E-state index is 12.9. The van der Waals surface area contributed by atoms with Crippen molar-refractivity contribution < 1.29 is 14.6 Å². The SMILES string of the molecule is CC(O)CN(Cc1ccccc1)C(=O)OCC1c2ccccc2-c2ccccc21. The van der Waals surface area contributed by atoms with E-state index in [0.29, 0.717) is 6.54 Å². The second-order valence-electron chi connectivity index (χ2n) is 7.52. The van der Waals surface area contributed by atoms with Crippen molar-refractivity contribution in [1.82, 2.24) is 4.90 Å². The second-order valence-corrected chi connectivity index (χ2v) is 7.52. The van der Waals surface area contributed by atoms with Crippen molar-refractivity contribution in [1.29, 1.82) is 0 Å². The number of nitrogens with zero attached hydrogens (tertiary/aromatic N) is 1. The second kappa shape index (κ2) is 8.50. The summed E-state index contributed by atoms with van der Waals surface area (Å²) in [7, 11) is 0. The zero-order chi connectivity index (χ0) is 20.2. The average Bonchev–Trinajstić information content (AvgIpc) is 3.06. The number of fused-ring (bicyclic) bond motifs is 3. The Morgan fingerprint density at radius 1 is 0.931 bits per heavy atom. The van der Waals surface area contributed by atoms with Crippen molar-refractivity contribution >= 4 is 6.09 Å². The van der Waals surface area contributed by atoms with E-state index in [-0.39, 0.29) is 19.1 Å². The maximum atomic E-state index is 12.9. The quantitative estimate of drug-likeness (QED) is 0.660. The van der Waals surface area contributed by atoms with Crippen LogP contribution in [0.5, 0.6) is 0 Å². The first kappa shape index (κ1) is 19.2. The smallest absolute Gasteiger partial charge is 0.410 e. The van der Waals surface area contributed by atoms with Gasteiger partial charge >= 0.3 is 6.09 Å². The molecular formula is C25H25NO3. The Kier molecular flexibility index (Phi) is 5.63. The lowest BCUT2D eigenvalue weighted by atomic mass is 9.98. The van der Waals surface area contributed by atoms with Crippen LogP contribution < -0.4 is 0 Å². The van der Waals surface area contributed by atoms with Gasteiger partial charge in [0.1, 0.15) is 6.61 Å². The molecule has 0 fully saturated rings. The molecule has 0 heterocycles. The van der Waals surface area contributed by atoms with Gasteiger partial charge in [0.15, 0.2) is 0 Å². The maximum Gasteiger partial charge on any atom is 0.410 e. The molecule has 0 saturated carbocycles. The van der Waals surface area contributed by atoms with Crippen LogP contribution in [0.1, 0.15) is 29.5 Å². The van der Waals surface area contributed by atoms with Crippen LogP contribution in [0, 0.1) is 0 Å². The summed E-state index contributed by atoms with van der Waals surface area (Å²) in [6.45, 7) is 2.58. The first-order valence-corrected chi connectivity index (χ1v) is 9.95. The lowest BCUT2D eigenvalue weighted by Gasteiger charge is -2.24. The zero-order valence-electron chi connectivity index (χ0n) is 16.5. The monoisotopic (exact) mass is 387 g/mol. The highest BCUT2D eigenvalue weighted by molar-refractivity contribution is 5.79. The van der Waals surface area contributed by atoms with Crippen molar-refractivity contribution in [3.05, 3.63) is 95.6 Å². The van der Waals surface area contributed by atoms with Crippen LogP contribution in [0.2, 0.25) is 0 Å². The number of hydrogen-bond donors (Lipinski definition) is 1. The summed E-state index contributed by atoms with van der Waals surface area (Å²) in [4.78, 5) is 14.4. The highest BCUT2D eigenvalue weighted by Crippen LogP contribution is 2.44. The van der Waals surface area contributed by atoms with Gasteiger partial charge in [0.2, 0.25) is 0 Å². The summed E-state index contributed by atoms with van der Waals surface area (Å²) < 4.78 is 5.75. The normalized spacial score (nSPS) is 13.4. The predicted molar refractivity (Wildman–Crippen MR) is 114 cm³/mol. The molecule has 3 aromatic carbocycles. The highest BCUT2D eigenvalue weighted by atomic mass is 16.6. The van der Waals surface area contributed by atoms with Gasteiger partial charge in [0.25, 0.3) is 0 Å². The molecule has 0 radical (unpaired) electrons. The van der Waals surface area contributed by atoms with E-state index < -0.39 is 12.2 Å². The molecule has 1 aliphatic rings. The lowest BCUT2D eigenvalue weighted by molar-refractivity contribution is 0.0732. The zero-order valence-corrected chi connectivity index (χ0v) is 16.5. The number of rotatable bonds is 6. The van der Waals surface area contributed by atoms with E-state index in [1.54, 1.807) is 11.8 Å². The van der Waals surface area contributed by atoms with E-state index in [1.807, 2.05) is 54.6 Å². The Labute approximate surface area is 171 Å². The molecule has 0 saturated heterocycles. The number of aliphatic hydroxyl groups excluding tert-OH is 1. The molecule has 148 valence electrons. The van der Waals surface area contributed by atoms with Gasteiger partial charge in [0.05, 0.1) is 12.6 Å². The van der Waals surface area contributed by atoms with Crippen LogP contribution in [0.15, 0.2) is 78.9 Å². The van der Waals surface area contributed by atoms with Gasteiger partial charge in [-0.2, -0.15) is 0 Å². The molecule has 4 heteroatoms. The number of amides is 1. The fourth-order valence-corrected chi connectivity index (χ4v) is 4.01. The van der Waals surface area contributed by atoms with E-state index in [2.05, 4.69) is 24.3 Å². The van der Waals surface area contributed by atoms with Crippen LogP contribution in [0.25, 0.3) is 11.1 Å². The number of aliphatic hydroxyl groups is 1. The molecular weight excluding hydrogens is 362 g/mol. The fourth-order valence-electron chi connectivity index (χ4n) is 4.01.